The van der Waals surface area contributed by atoms with Gasteiger partial charge >= 0.3 is 17.9 Å². The van der Waals surface area contributed by atoms with Gasteiger partial charge in [-0.25, -0.2) is 0 Å². The lowest BCUT2D eigenvalue weighted by Gasteiger charge is -2.18. The van der Waals surface area contributed by atoms with E-state index in [0.717, 1.165) is 96.3 Å². The lowest BCUT2D eigenvalue weighted by molar-refractivity contribution is -0.167. The van der Waals surface area contributed by atoms with E-state index in [4.69, 9.17) is 14.2 Å². The number of hydrogen-bond donors (Lipinski definition) is 0. The number of unbranched alkanes of at least 4 members (excludes halogenated alkanes) is 36. The molecule has 6 nitrogen and oxygen atoms in total. The molecule has 0 bridgehead atoms. The molecule has 0 rings (SSSR count). The molecule has 0 saturated heterocycles. The van der Waals surface area contributed by atoms with Crippen molar-refractivity contribution in [2.45, 2.75) is 341 Å². The van der Waals surface area contributed by atoms with E-state index in [1.165, 1.54) is 199 Å². The first-order valence-electron chi connectivity index (χ1n) is 33.6. The summed E-state index contributed by atoms with van der Waals surface area (Å²) < 4.78 is 16.9. The molecule has 0 radical (unpaired) electrons. The Bertz CT molecular complexity index is 1480. The van der Waals surface area contributed by atoms with Crippen molar-refractivity contribution in [1.82, 2.24) is 0 Å². The highest BCUT2D eigenvalue weighted by Crippen LogP contribution is 2.17. The van der Waals surface area contributed by atoms with Crippen molar-refractivity contribution in [3.63, 3.8) is 0 Å². The molecule has 0 aromatic heterocycles. The van der Waals surface area contributed by atoms with Crippen LogP contribution in [0.2, 0.25) is 0 Å². The van der Waals surface area contributed by atoms with Crippen molar-refractivity contribution < 1.29 is 28.6 Å². The third-order valence-corrected chi connectivity index (χ3v) is 14.6. The van der Waals surface area contributed by atoms with Crippen LogP contribution in [-0.2, 0) is 28.6 Å². The summed E-state index contributed by atoms with van der Waals surface area (Å²) in [5.41, 5.74) is 0. The van der Waals surface area contributed by atoms with Crippen LogP contribution in [0.5, 0.6) is 0 Å². The Kier molecular flexibility index (Phi) is 63.2. The zero-order valence-electron chi connectivity index (χ0n) is 51.7. The largest absolute Gasteiger partial charge is 0.462 e. The third kappa shape index (κ3) is 63.4. The van der Waals surface area contributed by atoms with Gasteiger partial charge in [0.25, 0.3) is 0 Å². The van der Waals surface area contributed by atoms with Gasteiger partial charge in [0.1, 0.15) is 13.2 Å². The predicted octanol–water partition coefficient (Wildman–Crippen LogP) is 23.1. The second kappa shape index (κ2) is 66.1. The normalized spacial score (nSPS) is 12.6. The van der Waals surface area contributed by atoms with E-state index in [1.54, 1.807) is 0 Å². The molecule has 0 aliphatic heterocycles. The number of rotatable bonds is 61. The van der Waals surface area contributed by atoms with Gasteiger partial charge in [-0.15, -0.1) is 0 Å². The molecule has 0 saturated carbocycles. The van der Waals surface area contributed by atoms with Gasteiger partial charge in [-0.3, -0.25) is 14.4 Å². The van der Waals surface area contributed by atoms with Gasteiger partial charge in [0, 0.05) is 19.3 Å². The zero-order chi connectivity index (χ0) is 56.4. The van der Waals surface area contributed by atoms with Crippen LogP contribution < -0.4 is 0 Å². The SMILES string of the molecule is CC/C=C\C/C=C\C/C=C\C/C=C\C/C=C\C/C=C\CCCCCCCCCCCCC(=O)OCC(COC(=O)CCCCCCCCCCCCCC)OC(=O)CCCCCCCCCCC/C=C\CCCCCCCC. The fourth-order valence-corrected chi connectivity index (χ4v) is 9.62. The number of esters is 3. The number of hydrogen-bond acceptors (Lipinski definition) is 6. The first-order chi connectivity index (χ1) is 38.5. The average Bonchev–Trinajstić information content (AvgIpc) is 3.44. The number of allylic oxidation sites excluding steroid dienone is 14. The van der Waals surface area contributed by atoms with Gasteiger partial charge in [0.2, 0.25) is 0 Å². The molecule has 0 aliphatic carbocycles. The Morgan fingerprint density at radius 1 is 0.269 bits per heavy atom. The second-order valence-corrected chi connectivity index (χ2v) is 22.4. The summed E-state index contributed by atoms with van der Waals surface area (Å²) in [5, 5.41) is 0. The quantitative estimate of drug-likeness (QED) is 0.0261. The van der Waals surface area contributed by atoms with Crippen LogP contribution in [0.4, 0.5) is 0 Å². The molecule has 0 aliphatic rings. The van der Waals surface area contributed by atoms with E-state index < -0.39 is 6.10 Å². The lowest BCUT2D eigenvalue weighted by atomic mass is 10.0. The maximum Gasteiger partial charge on any atom is 0.306 e. The second-order valence-electron chi connectivity index (χ2n) is 22.4. The number of carbonyl (C=O) groups excluding carboxylic acids is 3. The molecule has 0 heterocycles. The van der Waals surface area contributed by atoms with E-state index >= 15 is 0 Å². The minimum absolute atomic E-state index is 0.0743. The Morgan fingerprint density at radius 2 is 0.500 bits per heavy atom. The highest BCUT2D eigenvalue weighted by Gasteiger charge is 2.19. The van der Waals surface area contributed by atoms with Gasteiger partial charge in [0.15, 0.2) is 6.10 Å². The fraction of sp³-hybridized carbons (Fsp3) is 0.764. The van der Waals surface area contributed by atoms with Crippen LogP contribution >= 0.6 is 0 Å². The first kappa shape index (κ1) is 74.6. The lowest BCUT2D eigenvalue weighted by Crippen LogP contribution is -2.30. The van der Waals surface area contributed by atoms with E-state index in [-0.39, 0.29) is 31.1 Å². The smallest absolute Gasteiger partial charge is 0.306 e. The molecule has 6 heteroatoms. The zero-order valence-corrected chi connectivity index (χ0v) is 51.7. The van der Waals surface area contributed by atoms with Gasteiger partial charge in [-0.05, 0) is 96.3 Å². The monoisotopic (exact) mass is 1090 g/mol. The van der Waals surface area contributed by atoms with Crippen LogP contribution in [0.3, 0.4) is 0 Å². The van der Waals surface area contributed by atoms with E-state index in [0.29, 0.717) is 19.3 Å². The van der Waals surface area contributed by atoms with Crippen molar-refractivity contribution in [1.29, 1.82) is 0 Å². The van der Waals surface area contributed by atoms with Crippen molar-refractivity contribution in [3.05, 3.63) is 85.1 Å². The first-order valence-corrected chi connectivity index (χ1v) is 33.6. The van der Waals surface area contributed by atoms with Crippen LogP contribution in [0.25, 0.3) is 0 Å². The van der Waals surface area contributed by atoms with E-state index in [2.05, 4.69) is 106 Å². The number of carbonyl (C=O) groups is 3. The van der Waals surface area contributed by atoms with Crippen molar-refractivity contribution in [2.75, 3.05) is 13.2 Å². The summed E-state index contributed by atoms with van der Waals surface area (Å²) in [6, 6.07) is 0. The van der Waals surface area contributed by atoms with Crippen LogP contribution in [-0.4, -0.2) is 37.2 Å². The molecule has 78 heavy (non-hydrogen) atoms. The fourth-order valence-electron chi connectivity index (χ4n) is 9.62. The summed E-state index contributed by atoms with van der Waals surface area (Å²) in [6.45, 7) is 6.55. The summed E-state index contributed by atoms with van der Waals surface area (Å²) in [6.07, 6.45) is 87.4. The molecule has 0 N–H and O–H groups in total. The third-order valence-electron chi connectivity index (χ3n) is 14.6. The molecule has 450 valence electrons. The van der Waals surface area contributed by atoms with Crippen LogP contribution in [0.1, 0.15) is 335 Å². The molecule has 0 aromatic carbocycles. The molecule has 0 fully saturated rings. The summed E-state index contributed by atoms with van der Waals surface area (Å²) in [7, 11) is 0. The Morgan fingerprint density at radius 3 is 0.795 bits per heavy atom. The van der Waals surface area contributed by atoms with Crippen LogP contribution in [0.15, 0.2) is 85.1 Å². The summed E-state index contributed by atoms with van der Waals surface area (Å²) in [5.74, 6) is -0.865. The standard InChI is InChI=1S/C72H126O6/c1-4-7-10-13-16-19-22-25-27-29-31-32-33-34-35-36-37-38-39-40-42-43-45-47-50-53-56-59-62-65-71(74)77-68-69(67-76-70(73)64-61-58-55-52-49-24-21-18-15-12-9-6-3)78-72(75)66-63-60-57-54-51-48-46-44-41-30-28-26-23-20-17-14-11-8-5-2/h7,10,16,19,25-28,31-32,34-35,37-38,69H,4-6,8-9,11-15,17-18,20-24,29-30,33,36,39-68H2,1-3H3/b10-7-,19-16-,27-25-,28-26-,32-31-,35-34-,38-37-. The summed E-state index contributed by atoms with van der Waals surface area (Å²) >= 11 is 0. The molecule has 0 aromatic rings. The van der Waals surface area contributed by atoms with Crippen molar-refractivity contribution in [3.8, 4) is 0 Å². The topological polar surface area (TPSA) is 78.9 Å². The average molecular weight is 1090 g/mol. The molecular formula is C72H126O6. The van der Waals surface area contributed by atoms with Gasteiger partial charge in [-0.2, -0.15) is 0 Å². The molecule has 1 unspecified atom stereocenters. The highest BCUT2D eigenvalue weighted by molar-refractivity contribution is 5.71. The van der Waals surface area contributed by atoms with Gasteiger partial charge in [-0.1, -0.05) is 305 Å². The Hall–Kier alpha value is -3.41. The van der Waals surface area contributed by atoms with Crippen molar-refractivity contribution in [2.24, 2.45) is 0 Å². The maximum atomic E-state index is 12.9. The molecule has 0 spiro atoms. The predicted molar refractivity (Wildman–Crippen MR) is 339 cm³/mol. The van der Waals surface area contributed by atoms with Gasteiger partial charge < -0.3 is 14.2 Å². The van der Waals surface area contributed by atoms with Gasteiger partial charge in [0.05, 0.1) is 0 Å². The molecule has 0 amide bonds. The van der Waals surface area contributed by atoms with E-state index in [1.807, 2.05) is 0 Å². The minimum Gasteiger partial charge on any atom is -0.462 e. The van der Waals surface area contributed by atoms with Crippen LogP contribution in [0, 0.1) is 0 Å². The Balaban J connectivity index is 4.26. The minimum atomic E-state index is -0.778. The highest BCUT2D eigenvalue weighted by atomic mass is 16.6. The maximum absolute atomic E-state index is 12.9. The Labute approximate surface area is 484 Å². The summed E-state index contributed by atoms with van der Waals surface area (Å²) in [4.78, 5) is 38.3. The van der Waals surface area contributed by atoms with Crippen molar-refractivity contribution >= 4 is 17.9 Å². The molecule has 1 atom stereocenters. The number of ether oxygens (including phenoxy) is 3. The van der Waals surface area contributed by atoms with E-state index in [9.17, 15) is 14.4 Å². The molecular weight excluding hydrogens is 961 g/mol.